The second kappa shape index (κ2) is 9.58. The number of aromatic nitrogens is 1. The summed E-state index contributed by atoms with van der Waals surface area (Å²) >= 11 is 0. The molecule has 0 spiro atoms. The molecule has 9 nitrogen and oxygen atoms in total. The number of nitrogens with zero attached hydrogens (tertiary/aromatic N) is 3. The Kier molecular flexibility index (Phi) is 7.38. The summed E-state index contributed by atoms with van der Waals surface area (Å²) in [6.07, 6.45) is 2.34. The standard InChI is InChI=1S/C22H25N3O6S.Li.H/c1-22(20(26)27,32(2,29)30)7-8-23-13-18-9-16(12-25(18)21(23)28)5-3-4-6-17-10-24(11-17)19-14-31-15-19;;/h9,12,17,19H,7-8,10-11,13-15H2,1-2H3,(H,26,27);;. The van der Waals surface area contributed by atoms with Gasteiger partial charge in [0.1, 0.15) is 0 Å². The van der Waals surface area contributed by atoms with Crippen molar-refractivity contribution in [3.8, 4) is 23.7 Å². The fourth-order valence-electron chi connectivity index (χ4n) is 3.84. The number of hydrogen-bond acceptors (Lipinski definition) is 6. The number of hydrogen-bond donors (Lipinski definition) is 1. The van der Waals surface area contributed by atoms with E-state index < -0.39 is 20.6 Å². The van der Waals surface area contributed by atoms with Crippen molar-refractivity contribution in [3.63, 3.8) is 0 Å². The second-order valence-corrected chi connectivity index (χ2v) is 11.2. The Labute approximate surface area is 205 Å². The fourth-order valence-corrected chi connectivity index (χ4v) is 4.62. The number of carboxylic acids is 1. The molecule has 0 aliphatic carbocycles. The van der Waals surface area contributed by atoms with Gasteiger partial charge in [0.25, 0.3) is 0 Å². The van der Waals surface area contributed by atoms with Gasteiger partial charge in [0, 0.05) is 49.3 Å². The van der Waals surface area contributed by atoms with Crippen molar-refractivity contribution in [1.29, 1.82) is 0 Å². The summed E-state index contributed by atoms with van der Waals surface area (Å²) in [6.45, 7) is 4.99. The van der Waals surface area contributed by atoms with Crippen LogP contribution >= 0.6 is 0 Å². The monoisotopic (exact) mass is 467 g/mol. The summed E-state index contributed by atoms with van der Waals surface area (Å²) < 4.78 is 28.6. The molecule has 4 rings (SSSR count). The van der Waals surface area contributed by atoms with Crippen LogP contribution in [0.25, 0.3) is 0 Å². The van der Waals surface area contributed by atoms with E-state index in [1.807, 2.05) is 0 Å². The fraction of sp³-hybridized carbons (Fsp3) is 0.545. The van der Waals surface area contributed by atoms with E-state index in [1.54, 1.807) is 12.3 Å². The van der Waals surface area contributed by atoms with Gasteiger partial charge < -0.3 is 14.7 Å². The van der Waals surface area contributed by atoms with Gasteiger partial charge in [-0.25, -0.2) is 13.2 Å². The van der Waals surface area contributed by atoms with Crippen LogP contribution in [0.1, 0.15) is 24.6 Å². The van der Waals surface area contributed by atoms with Crippen LogP contribution in [-0.2, 0) is 25.9 Å². The number of aliphatic carboxylic acids is 1. The molecule has 1 aromatic heterocycles. The minimum atomic E-state index is -3.84. The molecule has 1 unspecified atom stereocenters. The molecule has 0 aromatic carbocycles. The zero-order valence-corrected chi connectivity index (χ0v) is 18.8. The number of fused-ring (bicyclic) bond motifs is 1. The molecule has 1 N–H and O–H groups in total. The van der Waals surface area contributed by atoms with Gasteiger partial charge in [-0.3, -0.25) is 14.3 Å². The Morgan fingerprint density at radius 3 is 2.55 bits per heavy atom. The molecule has 3 aliphatic heterocycles. The van der Waals surface area contributed by atoms with Gasteiger partial charge in [-0.1, -0.05) is 11.8 Å². The number of carboxylic acid groups (broad SMARTS) is 1. The SMILES string of the molecule is CC(CCN1Cc2cc(C#CC#CC3CN(C4COC4)C3)cn2C1=O)(C(=O)O)S(C)(=O)=O.[LiH]. The molecule has 4 heterocycles. The third kappa shape index (κ3) is 5.01. The van der Waals surface area contributed by atoms with Gasteiger partial charge in [-0.15, -0.1) is 0 Å². The average molecular weight is 467 g/mol. The van der Waals surface area contributed by atoms with E-state index in [4.69, 9.17) is 4.74 Å². The van der Waals surface area contributed by atoms with Crippen LogP contribution in [0.4, 0.5) is 4.79 Å². The molecule has 2 fully saturated rings. The molecule has 0 bridgehead atoms. The van der Waals surface area contributed by atoms with Crippen molar-refractivity contribution >= 4 is 40.7 Å². The summed E-state index contributed by atoms with van der Waals surface area (Å²) in [7, 11) is -3.84. The Morgan fingerprint density at radius 2 is 2.00 bits per heavy atom. The summed E-state index contributed by atoms with van der Waals surface area (Å²) in [5.41, 5.74) is 1.40. The van der Waals surface area contributed by atoms with Gasteiger partial charge in [0.2, 0.25) is 0 Å². The first-order valence-corrected chi connectivity index (χ1v) is 12.2. The van der Waals surface area contributed by atoms with E-state index in [0.717, 1.165) is 38.3 Å². The molecule has 1 amide bonds. The van der Waals surface area contributed by atoms with Crippen molar-refractivity contribution in [1.82, 2.24) is 14.4 Å². The van der Waals surface area contributed by atoms with Crippen LogP contribution in [0, 0.1) is 29.6 Å². The molecular weight excluding hydrogens is 441 g/mol. The zero-order chi connectivity index (χ0) is 23.1. The van der Waals surface area contributed by atoms with E-state index in [0.29, 0.717) is 17.5 Å². The van der Waals surface area contributed by atoms with E-state index in [2.05, 4.69) is 28.6 Å². The van der Waals surface area contributed by atoms with Gasteiger partial charge in [-0.05, 0) is 31.3 Å². The number of carbonyl (C=O) groups excluding carboxylic acids is 1. The molecule has 11 heteroatoms. The minimum absolute atomic E-state index is 0. The quantitative estimate of drug-likeness (QED) is 0.447. The van der Waals surface area contributed by atoms with E-state index in [1.165, 1.54) is 16.4 Å². The summed E-state index contributed by atoms with van der Waals surface area (Å²) in [5, 5.41) is 9.36. The van der Waals surface area contributed by atoms with Crippen molar-refractivity contribution in [2.45, 2.75) is 30.7 Å². The Bertz CT molecular complexity index is 1180. The summed E-state index contributed by atoms with van der Waals surface area (Å²) in [4.78, 5) is 27.9. The van der Waals surface area contributed by atoms with Crippen LogP contribution in [0.5, 0.6) is 0 Å². The van der Waals surface area contributed by atoms with Crippen LogP contribution in [0.15, 0.2) is 12.3 Å². The predicted octanol–water partition coefficient (Wildman–Crippen LogP) is -0.413. The molecule has 33 heavy (non-hydrogen) atoms. The van der Waals surface area contributed by atoms with Crippen LogP contribution < -0.4 is 0 Å². The van der Waals surface area contributed by atoms with Crippen LogP contribution in [-0.4, -0.2) is 109 Å². The Balaban J connectivity index is 0.00000306. The second-order valence-electron chi connectivity index (χ2n) is 8.71. The normalized spacial score (nSPS) is 20.2. The number of amides is 1. The van der Waals surface area contributed by atoms with Crippen molar-refractivity contribution in [2.24, 2.45) is 5.92 Å². The summed E-state index contributed by atoms with van der Waals surface area (Å²) in [5.74, 6) is 10.8. The molecule has 172 valence electrons. The first-order chi connectivity index (χ1) is 15.1. The first-order valence-electron chi connectivity index (χ1n) is 10.4. The molecule has 1 aromatic rings. The van der Waals surface area contributed by atoms with Gasteiger partial charge >= 0.3 is 30.9 Å². The maximum absolute atomic E-state index is 12.6. The van der Waals surface area contributed by atoms with Crippen molar-refractivity contribution in [2.75, 3.05) is 39.1 Å². The maximum atomic E-state index is 12.6. The van der Waals surface area contributed by atoms with Crippen molar-refractivity contribution < 1.29 is 27.9 Å². The van der Waals surface area contributed by atoms with E-state index in [-0.39, 0.29) is 44.4 Å². The molecular formula is C22H26LiN3O6S. The number of carbonyl (C=O) groups is 2. The predicted molar refractivity (Wildman–Crippen MR) is 123 cm³/mol. The van der Waals surface area contributed by atoms with Crippen molar-refractivity contribution in [3.05, 3.63) is 23.5 Å². The molecule has 3 aliphatic rings. The van der Waals surface area contributed by atoms with Gasteiger partial charge in [-0.2, -0.15) is 0 Å². The Morgan fingerprint density at radius 1 is 1.30 bits per heavy atom. The van der Waals surface area contributed by atoms with Crippen LogP contribution in [0.3, 0.4) is 0 Å². The van der Waals surface area contributed by atoms with Gasteiger partial charge in [0.05, 0.1) is 25.8 Å². The zero-order valence-electron chi connectivity index (χ0n) is 18.0. The number of sulfone groups is 1. The molecule has 1 atom stereocenters. The number of likely N-dealkylation sites (tertiary alicyclic amines) is 1. The van der Waals surface area contributed by atoms with Crippen LogP contribution in [0.2, 0.25) is 0 Å². The first kappa shape index (κ1) is 25.4. The number of ether oxygens (including phenoxy) is 1. The Hall–Kier alpha value is -2.19. The van der Waals surface area contributed by atoms with E-state index in [9.17, 15) is 23.1 Å². The number of rotatable bonds is 6. The topological polar surface area (TPSA) is 109 Å². The van der Waals surface area contributed by atoms with E-state index >= 15 is 0 Å². The van der Waals surface area contributed by atoms with Gasteiger partial charge in [0.15, 0.2) is 14.6 Å². The third-order valence-electron chi connectivity index (χ3n) is 6.45. The average Bonchev–Trinajstić information content (AvgIpc) is 3.16. The summed E-state index contributed by atoms with van der Waals surface area (Å²) in [6, 6.07) is 2.01. The third-order valence-corrected chi connectivity index (χ3v) is 8.47. The molecule has 2 saturated heterocycles. The molecule has 0 saturated carbocycles. The molecule has 0 radical (unpaired) electrons.